The Morgan fingerprint density at radius 2 is 1.37 bits per heavy atom. The van der Waals surface area contributed by atoms with E-state index in [1.54, 1.807) is 0 Å². The Kier molecular flexibility index (Phi) is 5.81. The Balaban J connectivity index is 3.31. The lowest BCUT2D eigenvalue weighted by atomic mass is 10.2. The molecule has 1 aromatic carbocycles. The standard InChI is InChI=1S/C11H8F6O8S2/c1-24-8(18)6-2-4-7(5-3-6)25-27(22,23)11(16,17)9(12,13)10(14,15)26(19,20)21/h2-5H,1H3,(H,19,20,21). The summed E-state index contributed by atoms with van der Waals surface area (Å²) in [5.74, 6) is -9.17. The molecule has 0 saturated heterocycles. The first-order valence-electron chi connectivity index (χ1n) is 6.15. The zero-order valence-electron chi connectivity index (χ0n) is 12.7. The van der Waals surface area contributed by atoms with Gasteiger partial charge in [0.05, 0.1) is 12.7 Å². The highest BCUT2D eigenvalue weighted by molar-refractivity contribution is 7.88. The Morgan fingerprint density at radius 3 is 1.74 bits per heavy atom. The zero-order valence-corrected chi connectivity index (χ0v) is 14.3. The molecule has 0 aliphatic rings. The second kappa shape index (κ2) is 6.83. The van der Waals surface area contributed by atoms with Gasteiger partial charge in [0.25, 0.3) is 0 Å². The lowest BCUT2D eigenvalue weighted by molar-refractivity contribution is -0.247. The van der Waals surface area contributed by atoms with E-state index in [1.807, 2.05) is 0 Å². The summed E-state index contributed by atoms with van der Waals surface area (Å²) < 4.78 is 139. The van der Waals surface area contributed by atoms with Gasteiger partial charge in [0.2, 0.25) is 0 Å². The van der Waals surface area contributed by atoms with E-state index in [9.17, 15) is 48.0 Å². The SMILES string of the molecule is COC(=O)c1ccc(OS(=O)(=O)C(F)(F)C(F)(F)C(F)(F)S(=O)(=O)O)cc1. The van der Waals surface area contributed by atoms with Crippen LogP contribution in [-0.2, 0) is 25.0 Å². The predicted octanol–water partition coefficient (Wildman–Crippen LogP) is 1.89. The van der Waals surface area contributed by atoms with Crippen LogP contribution in [0.1, 0.15) is 10.4 Å². The summed E-state index contributed by atoms with van der Waals surface area (Å²) >= 11 is 0. The van der Waals surface area contributed by atoms with E-state index in [0.29, 0.717) is 12.1 Å². The minimum atomic E-state index is -7.13. The van der Waals surface area contributed by atoms with E-state index in [0.717, 1.165) is 19.2 Å². The predicted molar refractivity (Wildman–Crippen MR) is 73.7 cm³/mol. The smallest absolute Gasteiger partial charge is 0.450 e. The van der Waals surface area contributed by atoms with Crippen molar-refractivity contribution in [2.24, 2.45) is 0 Å². The molecule has 0 heterocycles. The number of hydrogen-bond donors (Lipinski definition) is 1. The summed E-state index contributed by atoms with van der Waals surface area (Å²) in [4.78, 5) is 11.1. The molecule has 0 bridgehead atoms. The highest BCUT2D eigenvalue weighted by atomic mass is 32.2. The third-order valence-corrected chi connectivity index (χ3v) is 5.05. The van der Waals surface area contributed by atoms with Crippen LogP contribution >= 0.6 is 0 Å². The van der Waals surface area contributed by atoms with Gasteiger partial charge in [-0.2, -0.15) is 43.2 Å². The van der Waals surface area contributed by atoms with Crippen LogP contribution in [0.4, 0.5) is 26.3 Å². The number of halogens is 6. The van der Waals surface area contributed by atoms with Crippen LogP contribution in [0.25, 0.3) is 0 Å². The van der Waals surface area contributed by atoms with Crippen LogP contribution in [0.5, 0.6) is 5.75 Å². The van der Waals surface area contributed by atoms with Crippen LogP contribution in [-0.4, -0.2) is 50.9 Å². The quantitative estimate of drug-likeness (QED) is 0.292. The third kappa shape index (κ3) is 3.81. The molecule has 1 N–H and O–H groups in total. The number of carbonyl (C=O) groups is 1. The minimum Gasteiger partial charge on any atom is -0.465 e. The van der Waals surface area contributed by atoms with Crippen LogP contribution in [0, 0.1) is 0 Å². The fourth-order valence-corrected chi connectivity index (χ4v) is 2.86. The maximum Gasteiger partial charge on any atom is 0.450 e. The Hall–Kier alpha value is -2.07. The van der Waals surface area contributed by atoms with E-state index >= 15 is 0 Å². The first-order valence-corrected chi connectivity index (χ1v) is 9.00. The van der Waals surface area contributed by atoms with Crippen molar-refractivity contribution in [3.63, 3.8) is 0 Å². The highest BCUT2D eigenvalue weighted by Gasteiger charge is 2.83. The Morgan fingerprint density at radius 1 is 0.926 bits per heavy atom. The van der Waals surface area contributed by atoms with Crippen molar-refractivity contribution in [3.05, 3.63) is 29.8 Å². The molecule has 0 atom stereocenters. The summed E-state index contributed by atoms with van der Waals surface area (Å²) in [5.41, 5.74) is -0.239. The monoisotopic (exact) mass is 446 g/mol. The summed E-state index contributed by atoms with van der Waals surface area (Å²) in [6.45, 7) is 0. The molecule has 1 rings (SSSR count). The maximum atomic E-state index is 13.6. The molecule has 0 aliphatic carbocycles. The second-order valence-electron chi connectivity index (χ2n) is 4.64. The zero-order chi connectivity index (χ0) is 21.5. The van der Waals surface area contributed by atoms with Crippen molar-refractivity contribution in [3.8, 4) is 5.75 Å². The molecule has 0 radical (unpaired) electrons. The molecular weight excluding hydrogens is 438 g/mol. The molecule has 0 unspecified atom stereocenters. The molecule has 154 valence electrons. The van der Waals surface area contributed by atoms with E-state index in [4.69, 9.17) is 4.55 Å². The van der Waals surface area contributed by atoms with Gasteiger partial charge in [0.15, 0.2) is 0 Å². The topological polar surface area (TPSA) is 124 Å². The molecule has 0 saturated carbocycles. The first-order chi connectivity index (χ1) is 11.9. The van der Waals surface area contributed by atoms with Crippen LogP contribution < -0.4 is 4.18 Å². The molecule has 0 aromatic heterocycles. The molecule has 8 nitrogen and oxygen atoms in total. The minimum absolute atomic E-state index is 0.239. The number of benzene rings is 1. The number of rotatable bonds is 7. The molecular formula is C11H8F6O8S2. The first kappa shape index (κ1) is 23.0. The molecule has 0 fully saturated rings. The largest absolute Gasteiger partial charge is 0.465 e. The number of alkyl halides is 6. The normalized spacial score (nSPS) is 13.9. The molecule has 16 heteroatoms. The van der Waals surface area contributed by atoms with Crippen molar-refractivity contribution in [2.45, 2.75) is 16.4 Å². The Bertz CT molecular complexity index is 924. The maximum absolute atomic E-state index is 13.6. The van der Waals surface area contributed by atoms with Gasteiger partial charge in [-0.05, 0) is 24.3 Å². The lowest BCUT2D eigenvalue weighted by Gasteiger charge is -2.29. The van der Waals surface area contributed by atoms with Crippen molar-refractivity contribution in [1.29, 1.82) is 0 Å². The summed E-state index contributed by atoms with van der Waals surface area (Å²) in [7, 11) is -13.1. The lowest BCUT2D eigenvalue weighted by Crippen LogP contribution is -2.61. The number of hydrogen-bond acceptors (Lipinski definition) is 7. The second-order valence-corrected chi connectivity index (χ2v) is 7.69. The highest BCUT2D eigenvalue weighted by Crippen LogP contribution is 2.50. The third-order valence-electron chi connectivity index (χ3n) is 2.85. The van der Waals surface area contributed by atoms with E-state index in [1.165, 1.54) is 0 Å². The summed E-state index contributed by atoms with van der Waals surface area (Å²) in [6.07, 6.45) is 0. The fraction of sp³-hybridized carbons (Fsp3) is 0.364. The van der Waals surface area contributed by atoms with E-state index in [-0.39, 0.29) is 5.56 Å². The molecule has 0 amide bonds. The average Bonchev–Trinajstić information content (AvgIpc) is 2.52. The van der Waals surface area contributed by atoms with Crippen LogP contribution in [0.15, 0.2) is 24.3 Å². The van der Waals surface area contributed by atoms with Crippen molar-refractivity contribution >= 4 is 26.2 Å². The molecule has 0 aliphatic heterocycles. The van der Waals surface area contributed by atoms with Gasteiger partial charge in [-0.1, -0.05) is 0 Å². The number of esters is 1. The number of carbonyl (C=O) groups excluding carboxylic acids is 1. The van der Waals surface area contributed by atoms with Gasteiger partial charge in [0, 0.05) is 0 Å². The number of ether oxygens (including phenoxy) is 1. The van der Waals surface area contributed by atoms with Gasteiger partial charge in [0.1, 0.15) is 5.75 Å². The summed E-state index contributed by atoms with van der Waals surface area (Å²) in [5, 5.41) is -13.7. The molecule has 1 aromatic rings. The van der Waals surface area contributed by atoms with Crippen molar-refractivity contribution < 1.29 is 61.4 Å². The van der Waals surface area contributed by atoms with Crippen LogP contribution in [0.2, 0.25) is 0 Å². The van der Waals surface area contributed by atoms with Gasteiger partial charge in [-0.15, -0.1) is 0 Å². The van der Waals surface area contributed by atoms with Gasteiger partial charge >= 0.3 is 42.6 Å². The van der Waals surface area contributed by atoms with Crippen LogP contribution in [0.3, 0.4) is 0 Å². The molecule has 0 spiro atoms. The van der Waals surface area contributed by atoms with E-state index in [2.05, 4.69) is 8.92 Å². The Labute approximate surface area is 147 Å². The van der Waals surface area contributed by atoms with Crippen molar-refractivity contribution in [1.82, 2.24) is 0 Å². The van der Waals surface area contributed by atoms with Gasteiger partial charge in [-0.25, -0.2) is 4.79 Å². The fourth-order valence-electron chi connectivity index (χ4n) is 1.43. The van der Waals surface area contributed by atoms with Gasteiger partial charge < -0.3 is 8.92 Å². The van der Waals surface area contributed by atoms with E-state index < -0.39 is 48.4 Å². The summed E-state index contributed by atoms with van der Waals surface area (Å²) in [6, 6.07) is 2.58. The van der Waals surface area contributed by atoms with Crippen molar-refractivity contribution in [2.75, 3.05) is 7.11 Å². The number of methoxy groups -OCH3 is 1. The average molecular weight is 446 g/mol. The molecule has 27 heavy (non-hydrogen) atoms. The van der Waals surface area contributed by atoms with Gasteiger partial charge in [-0.3, -0.25) is 4.55 Å².